The second-order valence-electron chi connectivity index (χ2n) is 3.35. The Morgan fingerprint density at radius 3 is 2.73 bits per heavy atom. The molecular formula is C8H14N2O. The van der Waals surface area contributed by atoms with Crippen molar-refractivity contribution >= 4 is 5.84 Å². The molecule has 3 nitrogen and oxygen atoms in total. The molecule has 1 heterocycles. The summed E-state index contributed by atoms with van der Waals surface area (Å²) in [6, 6.07) is 0.357. The smallest absolute Gasteiger partial charge is 0.0972 e. The highest BCUT2D eigenvalue weighted by atomic mass is 16.5. The van der Waals surface area contributed by atoms with Gasteiger partial charge < -0.3 is 10.5 Å². The van der Waals surface area contributed by atoms with Gasteiger partial charge in [-0.25, -0.2) is 0 Å². The third-order valence-electron chi connectivity index (χ3n) is 2.23. The monoisotopic (exact) mass is 154 g/mol. The van der Waals surface area contributed by atoms with E-state index in [2.05, 4.69) is 4.99 Å². The van der Waals surface area contributed by atoms with Crippen LogP contribution in [0.5, 0.6) is 0 Å². The molecule has 1 unspecified atom stereocenters. The van der Waals surface area contributed by atoms with Crippen LogP contribution in [-0.4, -0.2) is 25.1 Å². The van der Waals surface area contributed by atoms with E-state index in [0.29, 0.717) is 12.0 Å². The van der Waals surface area contributed by atoms with E-state index >= 15 is 0 Å². The Kier molecular flexibility index (Phi) is 1.82. The van der Waals surface area contributed by atoms with Crippen molar-refractivity contribution in [1.29, 1.82) is 0 Å². The van der Waals surface area contributed by atoms with Gasteiger partial charge in [-0.3, -0.25) is 4.99 Å². The molecule has 3 heteroatoms. The van der Waals surface area contributed by atoms with E-state index in [1.807, 2.05) is 0 Å². The van der Waals surface area contributed by atoms with Crippen molar-refractivity contribution in [3.63, 3.8) is 0 Å². The molecular weight excluding hydrogens is 140 g/mol. The Morgan fingerprint density at radius 1 is 1.36 bits per heavy atom. The van der Waals surface area contributed by atoms with Crippen molar-refractivity contribution in [3.05, 3.63) is 0 Å². The lowest BCUT2D eigenvalue weighted by Crippen LogP contribution is -2.18. The molecule has 1 saturated heterocycles. The highest BCUT2D eigenvalue weighted by molar-refractivity contribution is 5.85. The van der Waals surface area contributed by atoms with Crippen LogP contribution in [0.15, 0.2) is 4.99 Å². The van der Waals surface area contributed by atoms with Crippen molar-refractivity contribution < 1.29 is 4.74 Å². The van der Waals surface area contributed by atoms with Crippen LogP contribution >= 0.6 is 0 Å². The summed E-state index contributed by atoms with van der Waals surface area (Å²) in [5.41, 5.74) is 5.75. The lowest BCUT2D eigenvalue weighted by atomic mass is 10.3. The van der Waals surface area contributed by atoms with Gasteiger partial charge in [0, 0.05) is 12.5 Å². The summed E-state index contributed by atoms with van der Waals surface area (Å²) in [6.45, 7) is 1.62. The molecule has 0 bridgehead atoms. The summed E-state index contributed by atoms with van der Waals surface area (Å²) >= 11 is 0. The Labute approximate surface area is 66.6 Å². The number of nitrogens with two attached hydrogens (primary N) is 1. The molecule has 0 aromatic carbocycles. The van der Waals surface area contributed by atoms with Gasteiger partial charge in [0.05, 0.1) is 18.5 Å². The van der Waals surface area contributed by atoms with Crippen LogP contribution in [0.3, 0.4) is 0 Å². The molecule has 1 aliphatic carbocycles. The highest BCUT2D eigenvalue weighted by Gasteiger charge is 2.26. The van der Waals surface area contributed by atoms with Gasteiger partial charge in [-0.1, -0.05) is 0 Å². The first-order valence-electron chi connectivity index (χ1n) is 4.27. The fraction of sp³-hybridized carbons (Fsp3) is 0.875. The molecule has 11 heavy (non-hydrogen) atoms. The molecule has 0 aromatic heterocycles. The van der Waals surface area contributed by atoms with Crippen LogP contribution in [0.25, 0.3) is 0 Å². The molecule has 2 N–H and O–H groups in total. The predicted molar refractivity (Wildman–Crippen MR) is 43.6 cm³/mol. The molecule has 1 saturated carbocycles. The summed E-state index contributed by atoms with van der Waals surface area (Å²) in [6.07, 6.45) is 3.53. The van der Waals surface area contributed by atoms with Crippen molar-refractivity contribution in [2.24, 2.45) is 16.6 Å². The average Bonchev–Trinajstić information content (AvgIpc) is 2.73. The van der Waals surface area contributed by atoms with Crippen LogP contribution in [-0.2, 0) is 4.74 Å². The number of nitrogens with zero attached hydrogens (tertiary/aromatic N) is 1. The van der Waals surface area contributed by atoms with Gasteiger partial charge in [-0.2, -0.15) is 0 Å². The number of rotatable bonds is 2. The summed E-state index contributed by atoms with van der Waals surface area (Å²) in [7, 11) is 0. The van der Waals surface area contributed by atoms with Gasteiger partial charge in [-0.05, 0) is 19.3 Å². The highest BCUT2D eigenvalue weighted by Crippen LogP contribution is 2.29. The zero-order valence-electron chi connectivity index (χ0n) is 6.62. The van der Waals surface area contributed by atoms with E-state index < -0.39 is 0 Å². The largest absolute Gasteiger partial charge is 0.387 e. The number of aliphatic imine (C=N–C) groups is 1. The SMILES string of the molecule is NC(=NC1CCOC1)C1CC1. The zero-order chi connectivity index (χ0) is 7.68. The number of ether oxygens (including phenoxy) is 1. The lowest BCUT2D eigenvalue weighted by molar-refractivity contribution is 0.194. The van der Waals surface area contributed by atoms with E-state index in [0.717, 1.165) is 25.5 Å². The first-order valence-corrected chi connectivity index (χ1v) is 4.27. The molecule has 2 aliphatic rings. The van der Waals surface area contributed by atoms with Gasteiger partial charge in [0.15, 0.2) is 0 Å². The van der Waals surface area contributed by atoms with Crippen molar-refractivity contribution in [2.45, 2.75) is 25.3 Å². The van der Waals surface area contributed by atoms with Crippen molar-refractivity contribution in [1.82, 2.24) is 0 Å². The number of amidine groups is 1. The van der Waals surface area contributed by atoms with E-state index in [-0.39, 0.29) is 0 Å². The Bertz CT molecular complexity index is 169. The Balaban J connectivity index is 1.89. The molecule has 0 radical (unpaired) electrons. The minimum atomic E-state index is 0.357. The summed E-state index contributed by atoms with van der Waals surface area (Å²) < 4.78 is 5.20. The fourth-order valence-electron chi connectivity index (χ4n) is 1.32. The summed E-state index contributed by atoms with van der Waals surface area (Å²) in [5, 5.41) is 0. The number of hydrogen-bond acceptors (Lipinski definition) is 2. The Morgan fingerprint density at radius 2 is 2.18 bits per heavy atom. The van der Waals surface area contributed by atoms with Gasteiger partial charge in [0.2, 0.25) is 0 Å². The standard InChI is InChI=1S/C8H14N2O/c9-8(6-1-2-6)10-7-3-4-11-5-7/h6-7H,1-5H2,(H2,9,10). The number of hydrogen-bond donors (Lipinski definition) is 1. The zero-order valence-corrected chi connectivity index (χ0v) is 6.62. The van der Waals surface area contributed by atoms with Gasteiger partial charge in [0.25, 0.3) is 0 Å². The van der Waals surface area contributed by atoms with E-state index in [1.165, 1.54) is 12.8 Å². The average molecular weight is 154 g/mol. The molecule has 1 aliphatic heterocycles. The van der Waals surface area contributed by atoms with E-state index in [9.17, 15) is 0 Å². The quantitative estimate of drug-likeness (QED) is 0.466. The lowest BCUT2D eigenvalue weighted by Gasteiger charge is -2.02. The third-order valence-corrected chi connectivity index (χ3v) is 2.23. The minimum Gasteiger partial charge on any atom is -0.387 e. The molecule has 0 aromatic rings. The maximum Gasteiger partial charge on any atom is 0.0972 e. The first-order chi connectivity index (χ1) is 5.36. The fourth-order valence-corrected chi connectivity index (χ4v) is 1.32. The third kappa shape index (κ3) is 1.71. The minimum absolute atomic E-state index is 0.357. The normalized spacial score (nSPS) is 32.7. The van der Waals surface area contributed by atoms with Crippen LogP contribution in [0.4, 0.5) is 0 Å². The second-order valence-corrected chi connectivity index (χ2v) is 3.35. The first kappa shape index (κ1) is 7.10. The van der Waals surface area contributed by atoms with Crippen LogP contribution in [0, 0.1) is 5.92 Å². The van der Waals surface area contributed by atoms with Crippen molar-refractivity contribution in [3.8, 4) is 0 Å². The molecule has 2 rings (SSSR count). The molecule has 2 fully saturated rings. The molecule has 62 valence electrons. The predicted octanol–water partition coefficient (Wildman–Crippen LogP) is 0.542. The maximum absolute atomic E-state index is 5.75. The van der Waals surface area contributed by atoms with Crippen LogP contribution in [0.1, 0.15) is 19.3 Å². The molecule has 0 amide bonds. The van der Waals surface area contributed by atoms with E-state index in [4.69, 9.17) is 10.5 Å². The topological polar surface area (TPSA) is 47.6 Å². The van der Waals surface area contributed by atoms with Crippen LogP contribution in [0.2, 0.25) is 0 Å². The van der Waals surface area contributed by atoms with Gasteiger partial charge >= 0.3 is 0 Å². The maximum atomic E-state index is 5.75. The Hall–Kier alpha value is -0.570. The second kappa shape index (κ2) is 2.81. The van der Waals surface area contributed by atoms with Gasteiger partial charge in [-0.15, -0.1) is 0 Å². The summed E-state index contributed by atoms with van der Waals surface area (Å²) in [5.74, 6) is 1.47. The summed E-state index contributed by atoms with van der Waals surface area (Å²) in [4.78, 5) is 4.41. The van der Waals surface area contributed by atoms with Gasteiger partial charge in [0.1, 0.15) is 0 Å². The van der Waals surface area contributed by atoms with E-state index in [1.54, 1.807) is 0 Å². The van der Waals surface area contributed by atoms with Crippen molar-refractivity contribution in [2.75, 3.05) is 13.2 Å². The van der Waals surface area contributed by atoms with Crippen LogP contribution < -0.4 is 5.73 Å². The molecule has 0 spiro atoms. The molecule has 1 atom stereocenters.